The van der Waals surface area contributed by atoms with Crippen LogP contribution in [0.4, 0.5) is 11.4 Å². The van der Waals surface area contributed by atoms with Crippen LogP contribution >= 0.6 is 0 Å². The van der Waals surface area contributed by atoms with Crippen LogP contribution in [0.5, 0.6) is 5.75 Å². The largest absolute Gasteiger partial charge is 0.495 e. The van der Waals surface area contributed by atoms with Gasteiger partial charge in [-0.25, -0.2) is 0 Å². The van der Waals surface area contributed by atoms with Gasteiger partial charge in [0.25, 0.3) is 5.69 Å². The standard InChI is InChI=1S/C23H20N2O3/c1-28-20-13-12-19(25(26)27)21-16-9-5-11-18(16)22(24-23(20)21)17-10-4-7-14-6-2-3-8-15(14)17/h2-10,12-13,16,18,22,24H,11H2,1H3/t16-,18-,22+/m0/s1. The van der Waals surface area contributed by atoms with Crippen LogP contribution in [0, 0.1) is 16.0 Å². The second-order valence-corrected chi connectivity index (χ2v) is 7.38. The van der Waals surface area contributed by atoms with Crippen LogP contribution in [-0.4, -0.2) is 12.0 Å². The van der Waals surface area contributed by atoms with E-state index in [1.54, 1.807) is 19.2 Å². The molecule has 0 saturated carbocycles. The third-order valence-electron chi connectivity index (χ3n) is 6.03. The minimum Gasteiger partial charge on any atom is -0.495 e. The van der Waals surface area contributed by atoms with Crippen molar-refractivity contribution in [2.75, 3.05) is 12.4 Å². The molecule has 0 spiro atoms. The number of nitrogens with one attached hydrogen (secondary N) is 1. The van der Waals surface area contributed by atoms with Crippen molar-refractivity contribution in [3.63, 3.8) is 0 Å². The van der Waals surface area contributed by atoms with E-state index in [2.05, 4.69) is 53.9 Å². The Hall–Kier alpha value is -3.34. The molecule has 5 heteroatoms. The molecule has 1 N–H and O–H groups in total. The molecule has 1 heterocycles. The Bertz CT molecular complexity index is 1120. The zero-order valence-corrected chi connectivity index (χ0v) is 15.5. The van der Waals surface area contributed by atoms with Crippen molar-refractivity contribution in [2.24, 2.45) is 5.92 Å². The molecular formula is C23H20N2O3. The SMILES string of the molecule is COc1ccc([N+](=O)[O-])c2c1N[C@H](c1cccc3ccccc13)[C@H]1CC=C[C@H]21. The highest BCUT2D eigenvalue weighted by molar-refractivity contribution is 5.87. The zero-order chi connectivity index (χ0) is 19.3. The first kappa shape index (κ1) is 16.8. The van der Waals surface area contributed by atoms with E-state index in [0.29, 0.717) is 5.75 Å². The lowest BCUT2D eigenvalue weighted by molar-refractivity contribution is -0.385. The van der Waals surface area contributed by atoms with Gasteiger partial charge >= 0.3 is 0 Å². The number of anilines is 1. The van der Waals surface area contributed by atoms with Crippen LogP contribution in [0.2, 0.25) is 0 Å². The quantitative estimate of drug-likeness (QED) is 0.370. The smallest absolute Gasteiger partial charge is 0.275 e. The summed E-state index contributed by atoms with van der Waals surface area (Å²) in [4.78, 5) is 11.4. The van der Waals surface area contributed by atoms with Gasteiger partial charge in [-0.2, -0.15) is 0 Å². The minimum atomic E-state index is -0.290. The maximum Gasteiger partial charge on any atom is 0.275 e. The normalized spacial score (nSPS) is 22.4. The molecule has 0 bridgehead atoms. The number of nitro benzene ring substituents is 1. The molecule has 0 unspecified atom stereocenters. The van der Waals surface area contributed by atoms with Crippen LogP contribution in [0.25, 0.3) is 10.8 Å². The first-order valence-electron chi connectivity index (χ1n) is 9.45. The number of nitrogens with zero attached hydrogens (tertiary/aromatic N) is 1. The number of benzene rings is 3. The predicted molar refractivity (Wildman–Crippen MR) is 110 cm³/mol. The molecule has 0 radical (unpaired) electrons. The van der Waals surface area contributed by atoms with Crippen molar-refractivity contribution in [3.05, 3.63) is 88.0 Å². The third-order valence-corrected chi connectivity index (χ3v) is 6.03. The van der Waals surface area contributed by atoms with E-state index in [9.17, 15) is 10.1 Å². The Kier molecular flexibility index (Phi) is 3.83. The summed E-state index contributed by atoms with van der Waals surface area (Å²) in [7, 11) is 1.60. The lowest BCUT2D eigenvalue weighted by Crippen LogP contribution is -2.30. The maximum atomic E-state index is 11.7. The van der Waals surface area contributed by atoms with Gasteiger partial charge in [-0.05, 0) is 34.7 Å². The Morgan fingerprint density at radius 3 is 2.75 bits per heavy atom. The first-order valence-corrected chi connectivity index (χ1v) is 9.45. The Morgan fingerprint density at radius 1 is 1.11 bits per heavy atom. The first-order chi connectivity index (χ1) is 13.7. The van der Waals surface area contributed by atoms with Crippen molar-refractivity contribution in [1.29, 1.82) is 0 Å². The molecule has 0 amide bonds. The number of hydrogen-bond donors (Lipinski definition) is 1. The van der Waals surface area contributed by atoms with Crippen molar-refractivity contribution in [3.8, 4) is 5.75 Å². The zero-order valence-electron chi connectivity index (χ0n) is 15.5. The van der Waals surface area contributed by atoms with Crippen LogP contribution in [0.15, 0.2) is 66.7 Å². The molecule has 0 fully saturated rings. The maximum absolute atomic E-state index is 11.7. The van der Waals surface area contributed by atoms with Crippen molar-refractivity contribution >= 4 is 22.1 Å². The summed E-state index contributed by atoms with van der Waals surface area (Å²) in [6, 6.07) is 18.0. The van der Waals surface area contributed by atoms with Crippen LogP contribution in [0.1, 0.15) is 29.5 Å². The summed E-state index contributed by atoms with van der Waals surface area (Å²) in [6.07, 6.45) is 5.15. The van der Waals surface area contributed by atoms with Gasteiger partial charge in [0.2, 0.25) is 0 Å². The number of ether oxygens (including phenoxy) is 1. The highest BCUT2D eigenvalue weighted by Crippen LogP contribution is 2.55. The number of rotatable bonds is 3. The van der Waals surface area contributed by atoms with Crippen LogP contribution < -0.4 is 10.1 Å². The van der Waals surface area contributed by atoms with Gasteiger partial charge in [0.1, 0.15) is 5.75 Å². The van der Waals surface area contributed by atoms with E-state index in [4.69, 9.17) is 4.74 Å². The summed E-state index contributed by atoms with van der Waals surface area (Å²) in [5, 5.41) is 17.7. The Morgan fingerprint density at radius 2 is 1.93 bits per heavy atom. The number of methoxy groups -OCH3 is 1. The van der Waals surface area contributed by atoms with Gasteiger partial charge in [-0.15, -0.1) is 0 Å². The summed E-state index contributed by atoms with van der Waals surface area (Å²) in [5.41, 5.74) is 2.85. The molecule has 3 aromatic rings. The molecule has 0 saturated heterocycles. The average Bonchev–Trinajstić information content (AvgIpc) is 3.22. The summed E-state index contributed by atoms with van der Waals surface area (Å²) >= 11 is 0. The van der Waals surface area contributed by atoms with Crippen molar-refractivity contribution < 1.29 is 9.66 Å². The lowest BCUT2D eigenvalue weighted by Gasteiger charge is -2.38. The fourth-order valence-corrected chi connectivity index (χ4v) is 4.82. The third kappa shape index (κ3) is 2.39. The van der Waals surface area contributed by atoms with Crippen LogP contribution in [-0.2, 0) is 0 Å². The van der Waals surface area contributed by atoms with Gasteiger partial charge in [0, 0.05) is 12.0 Å². The molecule has 0 aromatic heterocycles. The Balaban J connectivity index is 1.73. The summed E-state index contributed by atoms with van der Waals surface area (Å²) in [5.74, 6) is 0.865. The van der Waals surface area contributed by atoms with E-state index >= 15 is 0 Å². The van der Waals surface area contributed by atoms with E-state index in [1.807, 2.05) is 6.07 Å². The molecule has 1 aliphatic heterocycles. The number of allylic oxidation sites excluding steroid dienone is 2. The monoisotopic (exact) mass is 372 g/mol. The topological polar surface area (TPSA) is 64.4 Å². The molecule has 1 aliphatic carbocycles. The van der Waals surface area contributed by atoms with E-state index in [1.165, 1.54) is 16.3 Å². The average molecular weight is 372 g/mol. The van der Waals surface area contributed by atoms with Crippen molar-refractivity contribution in [2.45, 2.75) is 18.4 Å². The van der Waals surface area contributed by atoms with E-state index < -0.39 is 0 Å². The predicted octanol–water partition coefficient (Wildman–Crippen LogP) is 5.58. The van der Waals surface area contributed by atoms with Gasteiger partial charge in [0.05, 0.1) is 29.3 Å². The minimum absolute atomic E-state index is 0.00396. The fourth-order valence-electron chi connectivity index (χ4n) is 4.82. The number of nitro groups is 1. The van der Waals surface area contributed by atoms with E-state index in [0.717, 1.165) is 17.7 Å². The fraction of sp³-hybridized carbons (Fsp3) is 0.217. The molecule has 140 valence electrons. The molecular weight excluding hydrogens is 352 g/mol. The highest BCUT2D eigenvalue weighted by Gasteiger charge is 2.43. The second kappa shape index (κ2) is 6.37. The molecule has 3 aromatic carbocycles. The van der Waals surface area contributed by atoms with Gasteiger partial charge in [0.15, 0.2) is 0 Å². The molecule has 2 aliphatic rings. The number of hydrogen-bond acceptors (Lipinski definition) is 4. The summed E-state index contributed by atoms with van der Waals surface area (Å²) < 4.78 is 5.56. The van der Waals surface area contributed by atoms with Gasteiger partial charge in [-0.3, -0.25) is 10.1 Å². The molecule has 28 heavy (non-hydrogen) atoms. The molecule has 5 rings (SSSR count). The highest BCUT2D eigenvalue weighted by atomic mass is 16.6. The van der Waals surface area contributed by atoms with Crippen molar-refractivity contribution in [1.82, 2.24) is 0 Å². The second-order valence-electron chi connectivity index (χ2n) is 7.38. The van der Waals surface area contributed by atoms with E-state index in [-0.39, 0.29) is 28.5 Å². The van der Waals surface area contributed by atoms with Crippen LogP contribution in [0.3, 0.4) is 0 Å². The summed E-state index contributed by atoms with van der Waals surface area (Å²) in [6.45, 7) is 0. The van der Waals surface area contributed by atoms with Gasteiger partial charge in [-0.1, -0.05) is 54.6 Å². The van der Waals surface area contributed by atoms with Gasteiger partial charge < -0.3 is 10.1 Å². The molecule has 3 atom stereocenters. The molecule has 5 nitrogen and oxygen atoms in total. The Labute approximate surface area is 162 Å². The number of fused-ring (bicyclic) bond motifs is 4. The lowest BCUT2D eigenvalue weighted by atomic mass is 9.75.